The van der Waals surface area contributed by atoms with Gasteiger partial charge < -0.3 is 16.0 Å². The van der Waals surface area contributed by atoms with E-state index in [2.05, 4.69) is 21.9 Å². The molecule has 3 atom stereocenters. The number of pyridine rings is 1. The quantitative estimate of drug-likeness (QED) is 0.420. The average Bonchev–Trinajstić information content (AvgIpc) is 3.63. The minimum atomic E-state index is -0.252. The van der Waals surface area contributed by atoms with Gasteiger partial charge in [0.25, 0.3) is 5.91 Å². The number of fused-ring (bicyclic) bond motifs is 3. The van der Waals surface area contributed by atoms with Crippen LogP contribution >= 0.6 is 0 Å². The summed E-state index contributed by atoms with van der Waals surface area (Å²) in [6, 6.07) is 12.6. The normalized spacial score (nSPS) is 20.6. The van der Waals surface area contributed by atoms with Crippen molar-refractivity contribution in [1.82, 2.24) is 24.3 Å². The van der Waals surface area contributed by atoms with Gasteiger partial charge in [-0.2, -0.15) is 0 Å². The van der Waals surface area contributed by atoms with Gasteiger partial charge in [0, 0.05) is 35.8 Å². The van der Waals surface area contributed by atoms with E-state index >= 15 is 0 Å². The van der Waals surface area contributed by atoms with Crippen molar-refractivity contribution >= 4 is 29.0 Å². The van der Waals surface area contributed by atoms with E-state index in [1.807, 2.05) is 33.7 Å². The van der Waals surface area contributed by atoms with Gasteiger partial charge in [0.1, 0.15) is 28.7 Å². The van der Waals surface area contributed by atoms with E-state index in [1.54, 1.807) is 36.7 Å². The molecular weight excluding hydrogens is 454 g/mol. The minimum absolute atomic E-state index is 0.0733. The Labute approximate surface area is 207 Å². The van der Waals surface area contributed by atoms with Crippen LogP contribution < -0.4 is 11.1 Å². The van der Waals surface area contributed by atoms with E-state index in [-0.39, 0.29) is 23.9 Å². The number of amides is 2. The Bertz CT molecular complexity index is 1480. The fourth-order valence-corrected chi connectivity index (χ4v) is 5.64. The van der Waals surface area contributed by atoms with Crippen molar-refractivity contribution in [2.45, 2.75) is 31.3 Å². The molecule has 6 rings (SSSR count). The third-order valence-electron chi connectivity index (χ3n) is 7.22. The molecule has 4 aromatic rings. The summed E-state index contributed by atoms with van der Waals surface area (Å²) in [5.74, 6) is 1.62. The second-order valence-electron chi connectivity index (χ2n) is 9.22. The molecule has 0 unspecified atom stereocenters. The molecule has 9 heteroatoms. The Morgan fingerprint density at radius 3 is 2.67 bits per heavy atom. The predicted molar refractivity (Wildman–Crippen MR) is 136 cm³/mol. The zero-order valence-corrected chi connectivity index (χ0v) is 19.5. The van der Waals surface area contributed by atoms with Crippen molar-refractivity contribution in [3.8, 4) is 11.3 Å². The molecule has 180 valence electrons. The van der Waals surface area contributed by atoms with Crippen molar-refractivity contribution < 1.29 is 9.59 Å². The fraction of sp³-hybridized carbons (Fsp3) is 0.222. The maximum atomic E-state index is 12.8. The van der Waals surface area contributed by atoms with Crippen LogP contribution in [0, 0.1) is 5.92 Å². The summed E-state index contributed by atoms with van der Waals surface area (Å²) in [6.45, 7) is 3.71. The average molecular weight is 480 g/mol. The van der Waals surface area contributed by atoms with Gasteiger partial charge >= 0.3 is 0 Å². The maximum Gasteiger partial charge on any atom is 0.256 e. The highest BCUT2D eigenvalue weighted by atomic mass is 16.2. The van der Waals surface area contributed by atoms with E-state index in [9.17, 15) is 9.59 Å². The number of anilines is 2. The number of carbonyl (C=O) groups excluding carboxylic acids is 2. The van der Waals surface area contributed by atoms with Crippen molar-refractivity contribution in [3.05, 3.63) is 85.1 Å². The van der Waals surface area contributed by atoms with Gasteiger partial charge in [-0.15, -0.1) is 0 Å². The van der Waals surface area contributed by atoms with Crippen LogP contribution in [0.25, 0.3) is 16.8 Å². The Morgan fingerprint density at radius 2 is 1.92 bits per heavy atom. The number of hydrogen-bond acceptors (Lipinski definition) is 6. The maximum absolute atomic E-state index is 12.8. The number of nitrogens with zero attached hydrogens (tertiary/aromatic N) is 5. The van der Waals surface area contributed by atoms with Crippen molar-refractivity contribution in [2.75, 3.05) is 11.1 Å². The summed E-state index contributed by atoms with van der Waals surface area (Å²) in [4.78, 5) is 40.8. The van der Waals surface area contributed by atoms with Crippen molar-refractivity contribution in [3.63, 3.8) is 0 Å². The first kappa shape index (κ1) is 22.0. The third kappa shape index (κ3) is 3.51. The zero-order valence-electron chi connectivity index (χ0n) is 19.5. The van der Waals surface area contributed by atoms with E-state index in [0.717, 1.165) is 30.7 Å². The summed E-state index contributed by atoms with van der Waals surface area (Å²) in [6.07, 6.45) is 9.52. The molecule has 1 saturated heterocycles. The Kier molecular flexibility index (Phi) is 5.25. The highest BCUT2D eigenvalue weighted by molar-refractivity contribution is 6.04. The van der Waals surface area contributed by atoms with Crippen LogP contribution in [-0.4, -0.2) is 42.1 Å². The van der Waals surface area contributed by atoms with Crippen LogP contribution in [0.4, 0.5) is 11.6 Å². The summed E-state index contributed by atoms with van der Waals surface area (Å²) in [5, 5.41) is 2.79. The molecule has 0 spiro atoms. The van der Waals surface area contributed by atoms with Crippen LogP contribution in [0.3, 0.4) is 0 Å². The number of likely N-dealkylation sites (tertiary alicyclic amines) is 1. The van der Waals surface area contributed by atoms with Crippen LogP contribution in [0.1, 0.15) is 41.5 Å². The lowest BCUT2D eigenvalue weighted by molar-refractivity contribution is -0.130. The van der Waals surface area contributed by atoms with E-state index < -0.39 is 0 Å². The molecule has 3 aromatic heterocycles. The number of imidazole rings is 1. The lowest BCUT2D eigenvalue weighted by atomic mass is 9.97. The fourth-order valence-electron chi connectivity index (χ4n) is 5.64. The van der Waals surface area contributed by atoms with Gasteiger partial charge in [-0.25, -0.2) is 15.0 Å². The molecule has 0 radical (unpaired) electrons. The number of benzene rings is 1. The molecule has 36 heavy (non-hydrogen) atoms. The Hall–Kier alpha value is -4.53. The molecule has 2 fully saturated rings. The number of rotatable bonds is 5. The number of hydrogen-bond donors (Lipinski definition) is 2. The SMILES string of the molecule is C=CC(=O)N1[C@@H]2CC[C@@H](C2)[C@H]1c1nc(-c2ccc(C(=O)Nc3ccccn3)cc2)c2c(N)nccn12. The molecule has 3 N–H and O–H groups in total. The molecule has 2 bridgehead atoms. The number of piperidine rings is 1. The highest BCUT2D eigenvalue weighted by Gasteiger charge is 2.50. The third-order valence-corrected chi connectivity index (χ3v) is 7.22. The van der Waals surface area contributed by atoms with Crippen LogP contribution in [0.15, 0.2) is 73.7 Å². The minimum Gasteiger partial charge on any atom is -0.382 e. The molecule has 2 aliphatic rings. The van der Waals surface area contributed by atoms with Gasteiger partial charge in [-0.1, -0.05) is 24.8 Å². The molecule has 1 aromatic carbocycles. The van der Waals surface area contributed by atoms with Crippen LogP contribution in [0.5, 0.6) is 0 Å². The van der Waals surface area contributed by atoms with Crippen LogP contribution in [0.2, 0.25) is 0 Å². The van der Waals surface area contributed by atoms with Gasteiger partial charge in [-0.05, 0) is 55.5 Å². The molecule has 1 aliphatic heterocycles. The molecule has 9 nitrogen and oxygen atoms in total. The number of nitrogen functional groups attached to an aromatic ring is 1. The van der Waals surface area contributed by atoms with Gasteiger partial charge in [-0.3, -0.25) is 14.0 Å². The number of nitrogens with two attached hydrogens (primary N) is 1. The first-order valence-corrected chi connectivity index (χ1v) is 11.9. The monoisotopic (exact) mass is 479 g/mol. The van der Waals surface area contributed by atoms with E-state index in [4.69, 9.17) is 10.7 Å². The second-order valence-corrected chi connectivity index (χ2v) is 9.22. The summed E-state index contributed by atoms with van der Waals surface area (Å²) >= 11 is 0. The lowest BCUT2D eigenvalue weighted by Crippen LogP contribution is -2.39. The summed E-state index contributed by atoms with van der Waals surface area (Å²) < 4.78 is 1.95. The zero-order chi connectivity index (χ0) is 24.8. The standard InChI is InChI=1S/C27H25N7O2/c1-2-21(35)34-19-11-10-18(15-19)23(34)26-32-22(24-25(28)30-13-14-33(24)26)16-6-8-17(9-7-16)27(36)31-20-5-3-4-12-29-20/h2-9,12-14,18-19,23H,1,10-11,15H2,(H2,28,30)(H,29,31,36)/t18-,19+,23-/m0/s1. The molecule has 1 aliphatic carbocycles. The largest absolute Gasteiger partial charge is 0.382 e. The smallest absolute Gasteiger partial charge is 0.256 e. The highest BCUT2D eigenvalue weighted by Crippen LogP contribution is 2.50. The van der Waals surface area contributed by atoms with Gasteiger partial charge in [0.15, 0.2) is 0 Å². The van der Waals surface area contributed by atoms with Gasteiger partial charge in [0.2, 0.25) is 5.91 Å². The number of nitrogens with one attached hydrogen (secondary N) is 1. The van der Waals surface area contributed by atoms with Crippen LogP contribution in [-0.2, 0) is 4.79 Å². The predicted octanol–water partition coefficient (Wildman–Crippen LogP) is 3.86. The lowest BCUT2D eigenvalue weighted by Gasteiger charge is -2.33. The summed E-state index contributed by atoms with van der Waals surface area (Å²) in [7, 11) is 0. The second kappa shape index (κ2) is 8.60. The summed E-state index contributed by atoms with van der Waals surface area (Å²) in [5.41, 5.74) is 8.98. The van der Waals surface area contributed by atoms with E-state index in [1.165, 1.54) is 6.08 Å². The number of aromatic nitrogens is 4. The van der Waals surface area contributed by atoms with Crippen molar-refractivity contribution in [2.24, 2.45) is 5.92 Å². The first-order valence-electron chi connectivity index (χ1n) is 11.9. The molecule has 4 heterocycles. The molecule has 1 saturated carbocycles. The Balaban J connectivity index is 1.39. The molecule has 2 amide bonds. The topological polar surface area (TPSA) is 119 Å². The number of carbonyl (C=O) groups is 2. The first-order chi connectivity index (χ1) is 17.5. The van der Waals surface area contributed by atoms with Crippen molar-refractivity contribution in [1.29, 1.82) is 0 Å². The Morgan fingerprint density at radius 1 is 1.08 bits per heavy atom. The molecular formula is C27H25N7O2. The van der Waals surface area contributed by atoms with E-state index in [0.29, 0.717) is 34.3 Å². The van der Waals surface area contributed by atoms with Gasteiger partial charge in [0.05, 0.1) is 6.04 Å².